The zero-order valence-electron chi connectivity index (χ0n) is 8.77. The summed E-state index contributed by atoms with van der Waals surface area (Å²) in [7, 11) is 0. The van der Waals surface area contributed by atoms with E-state index < -0.39 is 0 Å². The van der Waals surface area contributed by atoms with Gasteiger partial charge in [0.05, 0.1) is 10.2 Å². The minimum atomic E-state index is 0.476. The third kappa shape index (κ3) is 2.22. The van der Waals surface area contributed by atoms with E-state index in [0.29, 0.717) is 11.6 Å². The lowest BCUT2D eigenvalue weighted by atomic mass is 10.2. The molecule has 16 heavy (non-hydrogen) atoms. The molecule has 2 N–H and O–H groups in total. The molecule has 2 aromatic rings. The highest BCUT2D eigenvalue weighted by atomic mass is 79.9. The topological polar surface area (TPSA) is 64.7 Å². The number of hydrogen-bond acceptors (Lipinski definition) is 5. The summed E-state index contributed by atoms with van der Waals surface area (Å²) in [5.74, 6) is 1.09. The summed E-state index contributed by atoms with van der Waals surface area (Å²) >= 11 is 4.92. The third-order valence-corrected chi connectivity index (χ3v) is 3.69. The maximum atomic E-state index is 5.84. The van der Waals surface area contributed by atoms with Gasteiger partial charge in [-0.2, -0.15) is 0 Å². The smallest absolute Gasteiger partial charge is 0.190 e. The summed E-state index contributed by atoms with van der Waals surface area (Å²) in [5, 5.41) is 2.70. The number of halogens is 1. The fraction of sp³-hybridized carbons (Fsp3) is 0.300. The van der Waals surface area contributed by atoms with Crippen molar-refractivity contribution >= 4 is 33.1 Å². The molecule has 0 radical (unpaired) electrons. The van der Waals surface area contributed by atoms with Crippen LogP contribution >= 0.6 is 27.3 Å². The van der Waals surface area contributed by atoms with Crippen LogP contribution in [0.1, 0.15) is 19.0 Å². The molecule has 0 atom stereocenters. The quantitative estimate of drug-likeness (QED) is 0.946. The van der Waals surface area contributed by atoms with E-state index in [9.17, 15) is 0 Å². The van der Waals surface area contributed by atoms with Crippen LogP contribution in [0.15, 0.2) is 16.0 Å². The van der Waals surface area contributed by atoms with Crippen LogP contribution in [0.4, 0.5) is 5.82 Å². The van der Waals surface area contributed by atoms with E-state index in [2.05, 4.69) is 37.8 Å². The molecule has 0 bridgehead atoms. The Morgan fingerprint density at radius 3 is 2.88 bits per heavy atom. The number of aryl methyl sites for hydroxylation is 1. The lowest BCUT2D eigenvalue weighted by Gasteiger charge is -2.06. The van der Waals surface area contributed by atoms with Gasteiger partial charge in [-0.15, -0.1) is 11.3 Å². The van der Waals surface area contributed by atoms with Crippen molar-refractivity contribution in [3.8, 4) is 10.8 Å². The number of aromatic nitrogens is 3. The van der Waals surface area contributed by atoms with Gasteiger partial charge in [-0.25, -0.2) is 15.0 Å². The van der Waals surface area contributed by atoms with Gasteiger partial charge in [0.25, 0.3) is 0 Å². The fourth-order valence-corrected chi connectivity index (χ4v) is 2.29. The molecule has 0 fully saturated rings. The third-order valence-electron chi connectivity index (χ3n) is 2.06. The Kier molecular flexibility index (Phi) is 3.50. The summed E-state index contributed by atoms with van der Waals surface area (Å²) in [5.41, 5.74) is 6.78. The van der Waals surface area contributed by atoms with Gasteiger partial charge in [-0.05, 0) is 22.4 Å². The molecule has 6 heteroatoms. The second-order valence-electron chi connectivity index (χ2n) is 3.28. The van der Waals surface area contributed by atoms with Crippen molar-refractivity contribution < 1.29 is 0 Å². The number of nitrogens with two attached hydrogens (primary N) is 1. The Hall–Kier alpha value is -1.01. The molecule has 2 rings (SSSR count). The molecule has 84 valence electrons. The molecule has 0 aromatic carbocycles. The van der Waals surface area contributed by atoms with Gasteiger partial charge in [0.15, 0.2) is 10.8 Å². The van der Waals surface area contributed by atoms with E-state index in [1.54, 1.807) is 6.20 Å². The van der Waals surface area contributed by atoms with Gasteiger partial charge in [0, 0.05) is 11.6 Å². The highest BCUT2D eigenvalue weighted by Crippen LogP contribution is 2.26. The highest BCUT2D eigenvalue weighted by Gasteiger charge is 2.12. The molecule has 4 nitrogen and oxygen atoms in total. The van der Waals surface area contributed by atoms with Crippen molar-refractivity contribution in [2.75, 3.05) is 5.73 Å². The van der Waals surface area contributed by atoms with Crippen LogP contribution in [0.25, 0.3) is 10.8 Å². The average Bonchev–Trinajstić information content (AvgIpc) is 2.78. The molecule has 2 heterocycles. The van der Waals surface area contributed by atoms with E-state index in [1.807, 2.05) is 5.38 Å². The second kappa shape index (κ2) is 4.88. The Bertz CT molecular complexity index is 484. The van der Waals surface area contributed by atoms with Gasteiger partial charge >= 0.3 is 0 Å². The average molecular weight is 299 g/mol. The Morgan fingerprint density at radius 1 is 1.44 bits per heavy atom. The number of anilines is 1. The monoisotopic (exact) mass is 298 g/mol. The van der Waals surface area contributed by atoms with E-state index in [1.165, 1.54) is 11.3 Å². The zero-order valence-corrected chi connectivity index (χ0v) is 11.2. The molecule has 0 saturated carbocycles. The molecular weight excluding hydrogens is 288 g/mol. The van der Waals surface area contributed by atoms with Gasteiger partial charge in [0.1, 0.15) is 5.82 Å². The Morgan fingerprint density at radius 2 is 2.25 bits per heavy atom. The molecule has 0 aliphatic carbocycles. The molecule has 0 aliphatic heterocycles. The van der Waals surface area contributed by atoms with Gasteiger partial charge < -0.3 is 5.73 Å². The summed E-state index contributed by atoms with van der Waals surface area (Å²) in [4.78, 5) is 12.9. The molecule has 0 aliphatic rings. The maximum absolute atomic E-state index is 5.84. The van der Waals surface area contributed by atoms with Crippen LogP contribution in [0, 0.1) is 0 Å². The summed E-state index contributed by atoms with van der Waals surface area (Å²) in [6.45, 7) is 2.10. The molecule has 0 spiro atoms. The number of nitrogens with zero attached hydrogens (tertiary/aromatic N) is 3. The van der Waals surface area contributed by atoms with Gasteiger partial charge in [-0.1, -0.05) is 13.3 Å². The van der Waals surface area contributed by atoms with Crippen molar-refractivity contribution in [2.24, 2.45) is 0 Å². The summed E-state index contributed by atoms with van der Waals surface area (Å²) in [6, 6.07) is 0. The predicted octanol–water partition coefficient (Wildman–Crippen LogP) is 2.90. The fourth-order valence-electron chi connectivity index (χ4n) is 1.34. The lowest BCUT2D eigenvalue weighted by molar-refractivity contribution is 0.869. The first-order chi connectivity index (χ1) is 7.72. The van der Waals surface area contributed by atoms with Crippen LogP contribution in [-0.4, -0.2) is 15.0 Å². The molecular formula is C10H11BrN4S. The molecule has 0 amide bonds. The van der Waals surface area contributed by atoms with Crippen LogP contribution in [0.5, 0.6) is 0 Å². The summed E-state index contributed by atoms with van der Waals surface area (Å²) in [6.07, 6.45) is 3.64. The van der Waals surface area contributed by atoms with Gasteiger partial charge in [-0.3, -0.25) is 0 Å². The SMILES string of the molecule is CCCc1nc(-c2nccs2)nc(N)c1Br. The largest absolute Gasteiger partial charge is 0.383 e. The minimum absolute atomic E-state index is 0.476. The van der Waals surface area contributed by atoms with Crippen molar-refractivity contribution in [1.82, 2.24) is 15.0 Å². The number of hydrogen-bond donors (Lipinski definition) is 1. The minimum Gasteiger partial charge on any atom is -0.383 e. The van der Waals surface area contributed by atoms with Crippen molar-refractivity contribution in [3.63, 3.8) is 0 Å². The maximum Gasteiger partial charge on any atom is 0.190 e. The van der Waals surface area contributed by atoms with E-state index in [0.717, 1.165) is 28.0 Å². The second-order valence-corrected chi connectivity index (χ2v) is 4.97. The Labute approximate surface area is 106 Å². The van der Waals surface area contributed by atoms with E-state index in [4.69, 9.17) is 5.73 Å². The van der Waals surface area contributed by atoms with Crippen LogP contribution in [0.2, 0.25) is 0 Å². The van der Waals surface area contributed by atoms with E-state index in [-0.39, 0.29) is 0 Å². The number of thiazole rings is 1. The van der Waals surface area contributed by atoms with Crippen LogP contribution < -0.4 is 5.73 Å². The number of rotatable bonds is 3. The van der Waals surface area contributed by atoms with Crippen LogP contribution in [0.3, 0.4) is 0 Å². The van der Waals surface area contributed by atoms with E-state index >= 15 is 0 Å². The predicted molar refractivity (Wildman–Crippen MR) is 69.2 cm³/mol. The van der Waals surface area contributed by atoms with Gasteiger partial charge in [0.2, 0.25) is 0 Å². The lowest BCUT2D eigenvalue weighted by Crippen LogP contribution is -2.02. The zero-order chi connectivity index (χ0) is 11.5. The van der Waals surface area contributed by atoms with Crippen molar-refractivity contribution in [1.29, 1.82) is 0 Å². The molecule has 2 aromatic heterocycles. The van der Waals surface area contributed by atoms with Crippen molar-refractivity contribution in [2.45, 2.75) is 19.8 Å². The molecule has 0 saturated heterocycles. The van der Waals surface area contributed by atoms with Crippen LogP contribution in [-0.2, 0) is 6.42 Å². The van der Waals surface area contributed by atoms with Crippen molar-refractivity contribution in [3.05, 3.63) is 21.7 Å². The standard InChI is InChI=1S/C10H11BrN4S/c1-2-3-6-7(11)8(12)15-9(14-6)10-13-4-5-16-10/h4-5H,2-3H2,1H3,(H2,12,14,15). The first-order valence-corrected chi connectivity index (χ1v) is 6.61. The summed E-state index contributed by atoms with van der Waals surface area (Å²) < 4.78 is 0.801. The first-order valence-electron chi connectivity index (χ1n) is 4.94. The Balaban J connectivity index is 2.48. The molecule has 0 unspecified atom stereocenters. The normalized spacial score (nSPS) is 10.6. The first kappa shape index (κ1) is 11.5. The highest BCUT2D eigenvalue weighted by molar-refractivity contribution is 9.10. The number of nitrogen functional groups attached to an aromatic ring is 1.